The van der Waals surface area contributed by atoms with Gasteiger partial charge in [0.2, 0.25) is 0 Å². The topological polar surface area (TPSA) is 20.2 Å². The fraction of sp³-hybridized carbons (Fsp3) is 0.500. The van der Waals surface area contributed by atoms with Crippen LogP contribution in [0.15, 0.2) is 18.2 Å². The van der Waals surface area contributed by atoms with E-state index in [1.54, 1.807) is 6.07 Å². The van der Waals surface area contributed by atoms with Gasteiger partial charge in [0.1, 0.15) is 5.75 Å². The van der Waals surface area contributed by atoms with Crippen molar-refractivity contribution in [2.75, 3.05) is 0 Å². The van der Waals surface area contributed by atoms with Gasteiger partial charge in [0.25, 0.3) is 0 Å². The van der Waals surface area contributed by atoms with Crippen LogP contribution < -0.4 is 0 Å². The number of phenols is 1. The summed E-state index contributed by atoms with van der Waals surface area (Å²) in [7, 11) is 0. The molecule has 13 heavy (non-hydrogen) atoms. The molecule has 1 aromatic rings. The Morgan fingerprint density at radius 2 is 1.69 bits per heavy atom. The summed E-state index contributed by atoms with van der Waals surface area (Å²) in [5.74, 6) is 1.92. The minimum absolute atomic E-state index is 0.403. The largest absolute Gasteiger partial charge is 0.508 e. The number of fused-ring (bicyclic) bond motifs is 1. The molecular formula is C12H16O. The van der Waals surface area contributed by atoms with E-state index >= 15 is 0 Å². The van der Waals surface area contributed by atoms with E-state index in [1.165, 1.54) is 11.1 Å². The number of hydrogen-bond acceptors (Lipinski definition) is 1. The summed E-state index contributed by atoms with van der Waals surface area (Å²) in [6.45, 7) is 4.60. The van der Waals surface area contributed by atoms with E-state index in [1.807, 2.05) is 6.07 Å². The molecule has 0 radical (unpaired) electrons. The molecule has 1 nitrogen and oxygen atoms in total. The molecule has 1 aromatic carbocycles. The van der Waals surface area contributed by atoms with Gasteiger partial charge in [-0.15, -0.1) is 0 Å². The first-order valence-corrected chi connectivity index (χ1v) is 4.97. The van der Waals surface area contributed by atoms with Gasteiger partial charge >= 0.3 is 0 Å². The molecule has 2 rings (SSSR count). The first kappa shape index (κ1) is 8.61. The van der Waals surface area contributed by atoms with Crippen molar-refractivity contribution in [2.24, 2.45) is 11.8 Å². The Hall–Kier alpha value is -0.980. The van der Waals surface area contributed by atoms with Crippen molar-refractivity contribution < 1.29 is 5.11 Å². The third-order valence-electron chi connectivity index (χ3n) is 3.25. The number of benzene rings is 1. The number of phenolic OH excluding ortho intramolecular Hbond substituents is 1. The zero-order chi connectivity index (χ0) is 9.42. The van der Waals surface area contributed by atoms with Gasteiger partial charge in [0.15, 0.2) is 0 Å². The summed E-state index contributed by atoms with van der Waals surface area (Å²) in [5.41, 5.74) is 2.76. The predicted octanol–water partition coefficient (Wildman–Crippen LogP) is 2.76. The van der Waals surface area contributed by atoms with E-state index in [9.17, 15) is 5.11 Å². The number of hydrogen-bond donors (Lipinski definition) is 1. The highest BCUT2D eigenvalue weighted by atomic mass is 16.3. The van der Waals surface area contributed by atoms with E-state index in [4.69, 9.17) is 0 Å². The summed E-state index contributed by atoms with van der Waals surface area (Å²) >= 11 is 0. The molecule has 0 heterocycles. The van der Waals surface area contributed by atoms with E-state index < -0.39 is 0 Å². The SMILES string of the molecule is CC1Cc2ccc(O)cc2CC1C. The highest BCUT2D eigenvalue weighted by molar-refractivity contribution is 5.36. The third-order valence-corrected chi connectivity index (χ3v) is 3.25. The maximum atomic E-state index is 9.34. The van der Waals surface area contributed by atoms with Gasteiger partial charge in [0.05, 0.1) is 0 Å². The van der Waals surface area contributed by atoms with E-state index in [0.29, 0.717) is 5.75 Å². The van der Waals surface area contributed by atoms with Crippen molar-refractivity contribution in [2.45, 2.75) is 26.7 Å². The Bertz CT molecular complexity index is 317. The molecular weight excluding hydrogens is 160 g/mol. The summed E-state index contributed by atoms with van der Waals surface area (Å²) in [5, 5.41) is 9.34. The molecule has 2 atom stereocenters. The third kappa shape index (κ3) is 1.55. The lowest BCUT2D eigenvalue weighted by Crippen LogP contribution is -2.20. The van der Waals surface area contributed by atoms with E-state index in [-0.39, 0.29) is 0 Å². The van der Waals surface area contributed by atoms with Crippen LogP contribution in [0.3, 0.4) is 0 Å². The Balaban J connectivity index is 2.37. The predicted molar refractivity (Wildman–Crippen MR) is 53.8 cm³/mol. The average Bonchev–Trinajstić information content (AvgIpc) is 2.08. The zero-order valence-electron chi connectivity index (χ0n) is 8.25. The van der Waals surface area contributed by atoms with Gasteiger partial charge in [0, 0.05) is 0 Å². The molecule has 1 heteroatoms. The standard InChI is InChI=1S/C12H16O/c1-8-5-10-3-4-12(13)7-11(10)6-9(8)2/h3-4,7-9,13H,5-6H2,1-2H3. The molecule has 0 bridgehead atoms. The molecule has 0 amide bonds. The van der Waals surface area contributed by atoms with E-state index in [0.717, 1.165) is 24.7 Å². The fourth-order valence-electron chi connectivity index (χ4n) is 2.10. The Morgan fingerprint density at radius 1 is 1.08 bits per heavy atom. The second kappa shape index (κ2) is 3.06. The van der Waals surface area contributed by atoms with Gasteiger partial charge < -0.3 is 5.11 Å². The minimum Gasteiger partial charge on any atom is -0.508 e. The molecule has 0 saturated carbocycles. The smallest absolute Gasteiger partial charge is 0.115 e. The van der Waals surface area contributed by atoms with Crippen LogP contribution >= 0.6 is 0 Å². The minimum atomic E-state index is 0.403. The van der Waals surface area contributed by atoms with E-state index in [2.05, 4.69) is 19.9 Å². The summed E-state index contributed by atoms with van der Waals surface area (Å²) in [6, 6.07) is 5.77. The first-order chi connectivity index (χ1) is 6.16. The monoisotopic (exact) mass is 176 g/mol. The van der Waals surface area contributed by atoms with Crippen molar-refractivity contribution in [3.63, 3.8) is 0 Å². The van der Waals surface area contributed by atoms with Crippen molar-refractivity contribution in [1.82, 2.24) is 0 Å². The van der Waals surface area contributed by atoms with Crippen LogP contribution in [0.1, 0.15) is 25.0 Å². The van der Waals surface area contributed by atoms with Crippen molar-refractivity contribution in [1.29, 1.82) is 0 Å². The second-order valence-electron chi connectivity index (χ2n) is 4.32. The highest BCUT2D eigenvalue weighted by Crippen LogP contribution is 2.31. The zero-order valence-corrected chi connectivity index (χ0v) is 8.25. The average molecular weight is 176 g/mol. The van der Waals surface area contributed by atoms with Gasteiger partial charge in [-0.1, -0.05) is 19.9 Å². The Labute approximate surface area is 79.4 Å². The quantitative estimate of drug-likeness (QED) is 0.644. The lowest BCUT2D eigenvalue weighted by atomic mass is 9.78. The molecule has 2 unspecified atom stereocenters. The van der Waals surface area contributed by atoms with Crippen molar-refractivity contribution >= 4 is 0 Å². The molecule has 0 saturated heterocycles. The highest BCUT2D eigenvalue weighted by Gasteiger charge is 2.21. The van der Waals surface area contributed by atoms with Crippen LogP contribution in [0.5, 0.6) is 5.75 Å². The summed E-state index contributed by atoms with van der Waals surface area (Å²) < 4.78 is 0. The fourth-order valence-corrected chi connectivity index (χ4v) is 2.10. The van der Waals surface area contributed by atoms with Gasteiger partial charge in [-0.3, -0.25) is 0 Å². The van der Waals surface area contributed by atoms with Crippen LogP contribution in [0.2, 0.25) is 0 Å². The maximum absolute atomic E-state index is 9.34. The Morgan fingerprint density at radius 3 is 2.38 bits per heavy atom. The molecule has 1 N–H and O–H groups in total. The Kier molecular flexibility index (Phi) is 2.03. The lowest BCUT2D eigenvalue weighted by molar-refractivity contribution is 0.359. The summed E-state index contributed by atoms with van der Waals surface area (Å²) in [4.78, 5) is 0. The second-order valence-corrected chi connectivity index (χ2v) is 4.32. The molecule has 0 aromatic heterocycles. The van der Waals surface area contributed by atoms with Gasteiger partial charge in [-0.25, -0.2) is 0 Å². The molecule has 0 aliphatic heterocycles. The lowest BCUT2D eigenvalue weighted by Gasteiger charge is -2.27. The molecule has 1 aliphatic carbocycles. The molecule has 70 valence electrons. The van der Waals surface area contributed by atoms with Crippen LogP contribution in [-0.2, 0) is 12.8 Å². The molecule has 1 aliphatic rings. The number of rotatable bonds is 0. The first-order valence-electron chi connectivity index (χ1n) is 4.97. The van der Waals surface area contributed by atoms with Gasteiger partial charge in [-0.05, 0) is 47.9 Å². The molecule has 0 fully saturated rings. The van der Waals surface area contributed by atoms with Crippen LogP contribution in [0.4, 0.5) is 0 Å². The van der Waals surface area contributed by atoms with Crippen LogP contribution in [0, 0.1) is 11.8 Å². The van der Waals surface area contributed by atoms with Crippen molar-refractivity contribution in [3.8, 4) is 5.75 Å². The van der Waals surface area contributed by atoms with Crippen molar-refractivity contribution in [3.05, 3.63) is 29.3 Å². The molecule has 0 spiro atoms. The normalized spacial score (nSPS) is 26.9. The van der Waals surface area contributed by atoms with Gasteiger partial charge in [-0.2, -0.15) is 0 Å². The van der Waals surface area contributed by atoms with Crippen LogP contribution in [-0.4, -0.2) is 5.11 Å². The maximum Gasteiger partial charge on any atom is 0.115 e. The number of aromatic hydroxyl groups is 1. The summed E-state index contributed by atoms with van der Waals surface area (Å²) in [6.07, 6.45) is 2.28. The van der Waals surface area contributed by atoms with Crippen LogP contribution in [0.25, 0.3) is 0 Å².